The van der Waals surface area contributed by atoms with Gasteiger partial charge in [-0.15, -0.1) is 0 Å². The van der Waals surface area contributed by atoms with Crippen molar-refractivity contribution in [2.75, 3.05) is 26.2 Å². The van der Waals surface area contributed by atoms with Gasteiger partial charge < -0.3 is 15.0 Å². The van der Waals surface area contributed by atoms with Crippen LogP contribution in [0.4, 0.5) is 4.79 Å². The normalized spacial score (nSPS) is 15.5. The highest BCUT2D eigenvalue weighted by atomic mass is 16.6. The molecule has 1 saturated heterocycles. The van der Waals surface area contributed by atoms with Gasteiger partial charge in [0.25, 0.3) is 0 Å². The van der Waals surface area contributed by atoms with Crippen LogP contribution in [-0.4, -0.2) is 47.1 Å². The number of piperazine rings is 1. The first-order chi connectivity index (χ1) is 9.34. The molecular formula is C13H14N4O2. The third-order valence-electron chi connectivity index (χ3n) is 3.07. The van der Waals surface area contributed by atoms with E-state index in [9.17, 15) is 4.79 Å². The first kappa shape index (κ1) is 11.9. The van der Waals surface area contributed by atoms with Crippen LogP contribution in [0.3, 0.4) is 0 Å². The van der Waals surface area contributed by atoms with E-state index in [0.717, 1.165) is 24.0 Å². The van der Waals surface area contributed by atoms with Crippen molar-refractivity contribution in [1.29, 1.82) is 0 Å². The van der Waals surface area contributed by atoms with Gasteiger partial charge in [-0.1, -0.05) is 12.1 Å². The van der Waals surface area contributed by atoms with Crippen LogP contribution < -0.4 is 10.1 Å². The van der Waals surface area contributed by atoms with Crippen molar-refractivity contribution in [2.45, 2.75) is 0 Å². The Morgan fingerprint density at radius 3 is 2.84 bits per heavy atom. The number of nitrogens with zero attached hydrogens (tertiary/aromatic N) is 3. The predicted molar refractivity (Wildman–Crippen MR) is 70.0 cm³/mol. The Hall–Kier alpha value is -2.21. The molecule has 1 fully saturated rings. The molecule has 2 aromatic rings. The van der Waals surface area contributed by atoms with Gasteiger partial charge in [-0.25, -0.2) is 14.8 Å². The molecule has 0 bridgehead atoms. The van der Waals surface area contributed by atoms with E-state index in [2.05, 4.69) is 15.3 Å². The Kier molecular flexibility index (Phi) is 3.24. The molecule has 1 aliphatic rings. The molecule has 6 heteroatoms. The lowest BCUT2D eigenvalue weighted by Gasteiger charge is -2.26. The molecule has 0 unspecified atom stereocenters. The number of hydrogen-bond donors (Lipinski definition) is 1. The van der Waals surface area contributed by atoms with E-state index in [1.807, 2.05) is 24.3 Å². The van der Waals surface area contributed by atoms with Crippen LogP contribution in [0.1, 0.15) is 0 Å². The summed E-state index contributed by atoms with van der Waals surface area (Å²) in [4.78, 5) is 21.9. The maximum Gasteiger partial charge on any atom is 0.416 e. The van der Waals surface area contributed by atoms with Crippen molar-refractivity contribution in [3.63, 3.8) is 0 Å². The van der Waals surface area contributed by atoms with Crippen LogP contribution in [0.15, 0.2) is 30.6 Å². The second-order valence-corrected chi connectivity index (χ2v) is 4.30. The fourth-order valence-electron chi connectivity index (χ4n) is 2.06. The van der Waals surface area contributed by atoms with Gasteiger partial charge in [0, 0.05) is 26.2 Å². The largest absolute Gasteiger partial charge is 0.416 e. The molecule has 1 N–H and O–H groups in total. The molecular weight excluding hydrogens is 244 g/mol. The van der Waals surface area contributed by atoms with Gasteiger partial charge in [-0.3, -0.25) is 0 Å². The maximum atomic E-state index is 12.0. The molecule has 19 heavy (non-hydrogen) atoms. The fraction of sp³-hybridized carbons (Fsp3) is 0.308. The van der Waals surface area contributed by atoms with Crippen LogP contribution >= 0.6 is 0 Å². The maximum absolute atomic E-state index is 12.0. The number of para-hydroxylation sites is 1. The topological polar surface area (TPSA) is 67.3 Å². The summed E-state index contributed by atoms with van der Waals surface area (Å²) in [5.41, 5.74) is 0.764. The highest BCUT2D eigenvalue weighted by Gasteiger charge is 2.19. The summed E-state index contributed by atoms with van der Waals surface area (Å²) >= 11 is 0. The molecule has 1 aromatic heterocycles. The Morgan fingerprint density at radius 2 is 2.00 bits per heavy atom. The Labute approximate surface area is 110 Å². The van der Waals surface area contributed by atoms with E-state index < -0.39 is 0 Å². The van der Waals surface area contributed by atoms with Crippen molar-refractivity contribution in [2.24, 2.45) is 0 Å². The van der Waals surface area contributed by atoms with Crippen molar-refractivity contribution < 1.29 is 9.53 Å². The lowest BCUT2D eigenvalue weighted by atomic mass is 10.2. The van der Waals surface area contributed by atoms with E-state index >= 15 is 0 Å². The van der Waals surface area contributed by atoms with E-state index in [0.29, 0.717) is 19.0 Å². The zero-order valence-electron chi connectivity index (χ0n) is 10.4. The van der Waals surface area contributed by atoms with Crippen molar-refractivity contribution in [1.82, 2.24) is 20.2 Å². The van der Waals surface area contributed by atoms with Crippen LogP contribution in [0, 0.1) is 0 Å². The average Bonchev–Trinajstić information content (AvgIpc) is 2.48. The summed E-state index contributed by atoms with van der Waals surface area (Å²) in [5, 5.41) is 3.93. The zero-order chi connectivity index (χ0) is 13.1. The average molecular weight is 258 g/mol. The number of ether oxygens (including phenoxy) is 1. The van der Waals surface area contributed by atoms with Crippen LogP contribution in [0.25, 0.3) is 10.9 Å². The molecule has 1 aromatic carbocycles. The lowest BCUT2D eigenvalue weighted by Crippen LogP contribution is -2.47. The molecule has 2 heterocycles. The second kappa shape index (κ2) is 5.19. The number of fused-ring (bicyclic) bond motifs is 1. The monoisotopic (exact) mass is 258 g/mol. The summed E-state index contributed by atoms with van der Waals surface area (Å²) in [7, 11) is 0. The Bertz CT molecular complexity index is 591. The number of hydrogen-bond acceptors (Lipinski definition) is 5. The summed E-state index contributed by atoms with van der Waals surface area (Å²) < 4.78 is 5.38. The van der Waals surface area contributed by atoms with Crippen LogP contribution in [0.5, 0.6) is 5.88 Å². The molecule has 0 atom stereocenters. The van der Waals surface area contributed by atoms with Crippen LogP contribution in [-0.2, 0) is 0 Å². The zero-order valence-corrected chi connectivity index (χ0v) is 10.4. The Morgan fingerprint density at radius 1 is 1.21 bits per heavy atom. The van der Waals surface area contributed by atoms with E-state index in [-0.39, 0.29) is 6.09 Å². The number of nitrogens with one attached hydrogen (secondary N) is 1. The van der Waals surface area contributed by atoms with E-state index in [1.165, 1.54) is 6.33 Å². The van der Waals surface area contributed by atoms with E-state index in [1.54, 1.807) is 4.90 Å². The van der Waals surface area contributed by atoms with Gasteiger partial charge in [0.2, 0.25) is 5.88 Å². The minimum Gasteiger partial charge on any atom is -0.390 e. The van der Waals surface area contributed by atoms with Gasteiger partial charge in [-0.2, -0.15) is 0 Å². The van der Waals surface area contributed by atoms with Gasteiger partial charge >= 0.3 is 6.09 Å². The number of amides is 1. The summed E-state index contributed by atoms with van der Waals surface area (Å²) in [6.45, 7) is 2.89. The fourth-order valence-corrected chi connectivity index (χ4v) is 2.06. The minimum absolute atomic E-state index is 0.314. The van der Waals surface area contributed by atoms with Gasteiger partial charge in [0.1, 0.15) is 6.33 Å². The first-order valence-electron chi connectivity index (χ1n) is 6.22. The minimum atomic E-state index is -0.356. The molecule has 3 rings (SSSR count). The molecule has 0 saturated carbocycles. The smallest absolute Gasteiger partial charge is 0.390 e. The molecule has 0 spiro atoms. The van der Waals surface area contributed by atoms with Gasteiger partial charge in [-0.05, 0) is 12.1 Å². The standard InChI is InChI=1S/C13H14N4O2/c18-13(17-7-5-14-6-8-17)19-12-10-3-1-2-4-11(10)15-9-16-12/h1-4,9,14H,5-8H2. The number of aromatic nitrogens is 2. The number of benzene rings is 1. The molecule has 0 radical (unpaired) electrons. The van der Waals surface area contributed by atoms with E-state index in [4.69, 9.17) is 4.74 Å². The highest BCUT2D eigenvalue weighted by molar-refractivity contribution is 5.85. The third kappa shape index (κ3) is 2.48. The van der Waals surface area contributed by atoms with Gasteiger partial charge in [0.05, 0.1) is 10.9 Å². The predicted octanol–water partition coefficient (Wildman–Crippen LogP) is 1.03. The number of carbonyl (C=O) groups is 1. The summed E-state index contributed by atoms with van der Waals surface area (Å²) in [5.74, 6) is 0.314. The Balaban J connectivity index is 1.82. The van der Waals surface area contributed by atoms with Crippen molar-refractivity contribution in [3.05, 3.63) is 30.6 Å². The lowest BCUT2D eigenvalue weighted by molar-refractivity contribution is 0.144. The molecule has 6 nitrogen and oxygen atoms in total. The first-order valence-corrected chi connectivity index (χ1v) is 6.22. The third-order valence-corrected chi connectivity index (χ3v) is 3.07. The number of rotatable bonds is 1. The molecule has 1 aliphatic heterocycles. The summed E-state index contributed by atoms with van der Waals surface area (Å²) in [6.07, 6.45) is 1.05. The van der Waals surface area contributed by atoms with Gasteiger partial charge in [0.15, 0.2) is 0 Å². The second-order valence-electron chi connectivity index (χ2n) is 4.30. The molecule has 0 aliphatic carbocycles. The molecule has 98 valence electrons. The van der Waals surface area contributed by atoms with Crippen molar-refractivity contribution >= 4 is 17.0 Å². The quantitative estimate of drug-likeness (QED) is 0.827. The summed E-state index contributed by atoms with van der Waals surface area (Å²) in [6, 6.07) is 7.46. The van der Waals surface area contributed by atoms with Crippen molar-refractivity contribution in [3.8, 4) is 5.88 Å². The highest BCUT2D eigenvalue weighted by Crippen LogP contribution is 2.21. The number of carbonyl (C=O) groups excluding carboxylic acids is 1. The molecule has 1 amide bonds. The SMILES string of the molecule is O=C(Oc1ncnc2ccccc12)N1CCNCC1. The van der Waals surface area contributed by atoms with Crippen LogP contribution in [0.2, 0.25) is 0 Å².